The lowest BCUT2D eigenvalue weighted by molar-refractivity contribution is -0.141. The van der Waals surface area contributed by atoms with Gasteiger partial charge in [0.1, 0.15) is 11.8 Å². The molecule has 6 nitrogen and oxygen atoms in total. The lowest BCUT2D eigenvalue weighted by Gasteiger charge is -2.13. The Bertz CT molecular complexity index is 708. The molecule has 0 bridgehead atoms. The first-order valence-electron chi connectivity index (χ1n) is 6.17. The minimum Gasteiger partial charge on any atom is -0.360 e. The molecule has 0 aromatic carbocycles. The highest BCUT2D eigenvalue weighted by Crippen LogP contribution is 2.36. The highest BCUT2D eigenvalue weighted by Gasteiger charge is 2.39. The molecular weight excluding hydrogens is 325 g/mol. The van der Waals surface area contributed by atoms with Gasteiger partial charge in [-0.25, -0.2) is 0 Å². The summed E-state index contributed by atoms with van der Waals surface area (Å²) >= 11 is 5.65. The molecule has 0 aliphatic carbocycles. The van der Waals surface area contributed by atoms with Crippen LogP contribution in [0.4, 0.5) is 19.0 Å². The summed E-state index contributed by atoms with van der Waals surface area (Å²) in [6, 6.07) is 0.472. The highest BCUT2D eigenvalue weighted by atomic mass is 35.5. The first kappa shape index (κ1) is 16.3. The molecule has 2 aromatic rings. The summed E-state index contributed by atoms with van der Waals surface area (Å²) in [4.78, 5) is 12.1. The number of amides is 1. The Labute approximate surface area is 128 Å². The van der Waals surface area contributed by atoms with Crippen LogP contribution in [0.1, 0.15) is 30.1 Å². The van der Waals surface area contributed by atoms with E-state index in [1.807, 2.05) is 0 Å². The minimum absolute atomic E-state index is 0.0491. The van der Waals surface area contributed by atoms with Crippen molar-refractivity contribution in [3.63, 3.8) is 0 Å². The molecule has 0 aliphatic heterocycles. The van der Waals surface area contributed by atoms with Crippen LogP contribution < -0.4 is 5.32 Å². The maximum absolute atomic E-state index is 12.8. The van der Waals surface area contributed by atoms with Crippen LogP contribution in [0.25, 0.3) is 0 Å². The number of halogens is 4. The fraction of sp³-hybridized carbons (Fsp3) is 0.417. The molecule has 1 N–H and O–H groups in total. The predicted molar refractivity (Wildman–Crippen MR) is 71.6 cm³/mol. The number of aromatic nitrogens is 3. The van der Waals surface area contributed by atoms with Crippen molar-refractivity contribution >= 4 is 23.3 Å². The van der Waals surface area contributed by atoms with Crippen molar-refractivity contribution < 1.29 is 22.5 Å². The molecule has 120 valence electrons. The van der Waals surface area contributed by atoms with Gasteiger partial charge in [-0.2, -0.15) is 18.3 Å². The van der Waals surface area contributed by atoms with Crippen molar-refractivity contribution in [1.29, 1.82) is 0 Å². The molecule has 22 heavy (non-hydrogen) atoms. The van der Waals surface area contributed by atoms with E-state index in [4.69, 9.17) is 16.1 Å². The number of hydrogen-bond donors (Lipinski definition) is 1. The summed E-state index contributed by atoms with van der Waals surface area (Å²) in [5.74, 6) is 0.0613. The topological polar surface area (TPSA) is 73.0 Å². The molecule has 2 heterocycles. The van der Waals surface area contributed by atoms with E-state index in [0.717, 1.165) is 4.68 Å². The summed E-state index contributed by atoms with van der Waals surface area (Å²) < 4.78 is 44.0. The molecule has 10 heteroatoms. The number of aryl methyl sites for hydroxylation is 1. The number of nitrogens with one attached hydrogen (secondary N) is 1. The van der Waals surface area contributed by atoms with Crippen LogP contribution in [0.3, 0.4) is 0 Å². The van der Waals surface area contributed by atoms with Gasteiger partial charge < -0.3 is 9.84 Å². The van der Waals surface area contributed by atoms with Crippen molar-refractivity contribution in [2.75, 3.05) is 5.32 Å². The number of nitrogens with zero attached hydrogens (tertiary/aromatic N) is 3. The summed E-state index contributed by atoms with van der Waals surface area (Å²) in [7, 11) is 0. The van der Waals surface area contributed by atoms with Crippen LogP contribution in [0.2, 0.25) is 5.02 Å². The Morgan fingerprint density at radius 2 is 2.09 bits per heavy atom. The standard InChI is InChI=1S/C12H12ClF3N4O2/c1-5-4-8(19-22-5)17-11(21)7(3)20-6(2)9(13)10(18-20)12(14,15)16/h4,7H,1-3H3,(H,17,19,21)/t7-/m0/s1. The van der Waals surface area contributed by atoms with E-state index in [2.05, 4.69) is 15.6 Å². The Hall–Kier alpha value is -2.03. The van der Waals surface area contributed by atoms with Crippen LogP contribution in [-0.4, -0.2) is 20.8 Å². The largest absolute Gasteiger partial charge is 0.436 e. The Morgan fingerprint density at radius 1 is 1.45 bits per heavy atom. The zero-order chi connectivity index (χ0) is 16.7. The predicted octanol–water partition coefficient (Wildman–Crippen LogP) is 3.36. The molecule has 0 saturated carbocycles. The number of hydrogen-bond acceptors (Lipinski definition) is 4. The van der Waals surface area contributed by atoms with Crippen molar-refractivity contribution in [2.24, 2.45) is 0 Å². The van der Waals surface area contributed by atoms with Gasteiger partial charge in [-0.15, -0.1) is 0 Å². The maximum atomic E-state index is 12.8. The molecular formula is C12H12ClF3N4O2. The number of rotatable bonds is 3. The van der Waals surface area contributed by atoms with Crippen molar-refractivity contribution in [3.8, 4) is 0 Å². The Kier molecular flexibility index (Phi) is 4.19. The van der Waals surface area contributed by atoms with Gasteiger partial charge >= 0.3 is 6.18 Å². The number of alkyl halides is 3. The lowest BCUT2D eigenvalue weighted by Crippen LogP contribution is -2.25. The number of anilines is 1. The third-order valence-electron chi connectivity index (χ3n) is 2.97. The third kappa shape index (κ3) is 3.08. The summed E-state index contributed by atoms with van der Waals surface area (Å²) in [5, 5.41) is 8.88. The molecule has 2 rings (SSSR count). The van der Waals surface area contributed by atoms with Crippen LogP contribution in [0.15, 0.2) is 10.6 Å². The first-order valence-corrected chi connectivity index (χ1v) is 6.55. The summed E-state index contributed by atoms with van der Waals surface area (Å²) in [5.41, 5.74) is -1.17. The summed E-state index contributed by atoms with van der Waals surface area (Å²) in [6.07, 6.45) is -4.69. The van der Waals surface area contributed by atoms with E-state index >= 15 is 0 Å². The van der Waals surface area contributed by atoms with Gasteiger partial charge in [0, 0.05) is 6.07 Å². The van der Waals surface area contributed by atoms with Gasteiger partial charge in [0.05, 0.1) is 10.7 Å². The second kappa shape index (κ2) is 5.64. The molecule has 0 spiro atoms. The van der Waals surface area contributed by atoms with Crippen LogP contribution in [-0.2, 0) is 11.0 Å². The molecule has 0 fully saturated rings. The third-order valence-corrected chi connectivity index (χ3v) is 3.42. The van der Waals surface area contributed by atoms with E-state index in [9.17, 15) is 18.0 Å². The van der Waals surface area contributed by atoms with Crippen molar-refractivity contribution in [2.45, 2.75) is 33.0 Å². The van der Waals surface area contributed by atoms with E-state index in [0.29, 0.717) is 5.76 Å². The van der Waals surface area contributed by atoms with E-state index in [-0.39, 0.29) is 11.5 Å². The highest BCUT2D eigenvalue weighted by molar-refractivity contribution is 6.32. The summed E-state index contributed by atoms with van der Waals surface area (Å²) in [6.45, 7) is 4.40. The van der Waals surface area contributed by atoms with Crippen LogP contribution in [0, 0.1) is 13.8 Å². The Morgan fingerprint density at radius 3 is 2.55 bits per heavy atom. The molecule has 2 aromatic heterocycles. The molecule has 1 amide bonds. The molecule has 0 unspecified atom stereocenters. The van der Waals surface area contributed by atoms with E-state index < -0.39 is 28.8 Å². The van der Waals surface area contributed by atoms with E-state index in [1.54, 1.807) is 6.92 Å². The average molecular weight is 337 g/mol. The maximum Gasteiger partial charge on any atom is 0.436 e. The normalized spacial score (nSPS) is 13.2. The van der Waals surface area contributed by atoms with Gasteiger partial charge in [0.15, 0.2) is 11.5 Å². The fourth-order valence-corrected chi connectivity index (χ4v) is 2.06. The number of carbonyl (C=O) groups is 1. The second-order valence-electron chi connectivity index (χ2n) is 4.68. The molecule has 0 saturated heterocycles. The smallest absolute Gasteiger partial charge is 0.360 e. The van der Waals surface area contributed by atoms with Gasteiger partial charge in [-0.1, -0.05) is 16.8 Å². The van der Waals surface area contributed by atoms with Gasteiger partial charge in [-0.05, 0) is 20.8 Å². The average Bonchev–Trinajstić information content (AvgIpc) is 2.93. The monoisotopic (exact) mass is 336 g/mol. The van der Waals surface area contributed by atoms with Gasteiger partial charge in [0.25, 0.3) is 0 Å². The minimum atomic E-state index is -4.69. The van der Waals surface area contributed by atoms with Crippen molar-refractivity contribution in [1.82, 2.24) is 14.9 Å². The fourth-order valence-electron chi connectivity index (χ4n) is 1.82. The molecule has 1 atom stereocenters. The van der Waals surface area contributed by atoms with Gasteiger partial charge in [-0.3, -0.25) is 9.48 Å². The van der Waals surface area contributed by atoms with Crippen LogP contribution in [0.5, 0.6) is 0 Å². The zero-order valence-corrected chi connectivity index (χ0v) is 12.6. The molecule has 0 aliphatic rings. The van der Waals surface area contributed by atoms with Gasteiger partial charge in [0.2, 0.25) is 5.91 Å². The second-order valence-corrected chi connectivity index (χ2v) is 5.06. The SMILES string of the molecule is Cc1cc(NC(=O)[C@H](C)n2nc(C(F)(F)F)c(Cl)c2C)no1. The Balaban J connectivity index is 2.25. The lowest BCUT2D eigenvalue weighted by atomic mass is 10.3. The van der Waals surface area contributed by atoms with Crippen molar-refractivity contribution in [3.05, 3.63) is 28.2 Å². The number of carbonyl (C=O) groups excluding carboxylic acids is 1. The first-order chi connectivity index (χ1) is 10.1. The quantitative estimate of drug-likeness (QED) is 0.932. The van der Waals surface area contributed by atoms with E-state index in [1.165, 1.54) is 19.9 Å². The van der Waals surface area contributed by atoms with Crippen LogP contribution >= 0.6 is 11.6 Å². The zero-order valence-electron chi connectivity index (χ0n) is 11.8. The molecule has 0 radical (unpaired) electrons.